The second-order valence-corrected chi connectivity index (χ2v) is 14.0. The van der Waals surface area contributed by atoms with Gasteiger partial charge in [0.1, 0.15) is 11.5 Å². The molecule has 0 aromatic heterocycles. The summed E-state index contributed by atoms with van der Waals surface area (Å²) >= 11 is 3.49. The van der Waals surface area contributed by atoms with Crippen LogP contribution in [-0.2, 0) is 4.79 Å². The highest BCUT2D eigenvalue weighted by atomic mass is 79.9. The van der Waals surface area contributed by atoms with Crippen molar-refractivity contribution in [1.82, 2.24) is 0 Å². The first-order valence-electron chi connectivity index (χ1n) is 19.5. The Morgan fingerprint density at radius 2 is 1.16 bits per heavy atom. The first kappa shape index (κ1) is 42.4. The number of carbonyl (C=O) groups is 2. The fourth-order valence-corrected chi connectivity index (χ4v) is 6.15. The molecular formula is C43H64BrNO4. The summed E-state index contributed by atoms with van der Waals surface area (Å²) in [7, 11) is 0. The van der Waals surface area contributed by atoms with Gasteiger partial charge in [-0.25, -0.2) is 0 Å². The maximum atomic E-state index is 12.5. The summed E-state index contributed by atoms with van der Waals surface area (Å²) in [5.74, 6) is 7.76. The number of rotatable bonds is 29. The number of aldehydes is 1. The Morgan fingerprint density at radius 1 is 0.653 bits per heavy atom. The normalized spacial score (nSPS) is 10.8. The molecule has 0 bridgehead atoms. The van der Waals surface area contributed by atoms with Crippen LogP contribution in [0.4, 0.5) is 5.69 Å². The number of ether oxygens (including phenoxy) is 2. The largest absolute Gasteiger partial charge is 0.493 e. The van der Waals surface area contributed by atoms with Gasteiger partial charge in [0.15, 0.2) is 6.29 Å². The molecule has 1 N–H and O–H groups in total. The zero-order chi connectivity index (χ0) is 35.2. The van der Waals surface area contributed by atoms with Gasteiger partial charge in [0, 0.05) is 29.1 Å². The van der Waals surface area contributed by atoms with Crippen molar-refractivity contribution >= 4 is 33.8 Å². The predicted octanol–water partition coefficient (Wildman–Crippen LogP) is 12.6. The fraction of sp³-hybridized carbons (Fsp3) is 0.628. The van der Waals surface area contributed by atoms with Crippen LogP contribution in [0.15, 0.2) is 36.4 Å². The Balaban J connectivity index is 1.95. The first-order valence-corrected chi connectivity index (χ1v) is 20.6. The van der Waals surface area contributed by atoms with Crippen LogP contribution in [0.3, 0.4) is 0 Å². The van der Waals surface area contributed by atoms with E-state index in [-0.39, 0.29) is 5.91 Å². The molecule has 0 atom stereocenters. The van der Waals surface area contributed by atoms with E-state index in [9.17, 15) is 9.59 Å². The quantitative estimate of drug-likeness (QED) is 0.0391. The van der Waals surface area contributed by atoms with Crippen LogP contribution >= 0.6 is 15.9 Å². The van der Waals surface area contributed by atoms with E-state index >= 15 is 0 Å². The number of alkyl halides is 1. The van der Waals surface area contributed by atoms with Gasteiger partial charge in [0.2, 0.25) is 5.91 Å². The average molecular weight is 739 g/mol. The van der Waals surface area contributed by atoms with E-state index in [1.807, 2.05) is 30.3 Å². The Kier molecular flexibility index (Phi) is 25.1. The van der Waals surface area contributed by atoms with Gasteiger partial charge < -0.3 is 14.8 Å². The molecule has 6 heteroatoms. The average Bonchev–Trinajstić information content (AvgIpc) is 3.11. The molecule has 0 saturated carbocycles. The maximum Gasteiger partial charge on any atom is 0.224 e. The minimum absolute atomic E-state index is 0.0597. The van der Waals surface area contributed by atoms with E-state index in [2.05, 4.69) is 46.9 Å². The molecule has 5 nitrogen and oxygen atoms in total. The smallest absolute Gasteiger partial charge is 0.224 e. The summed E-state index contributed by atoms with van der Waals surface area (Å²) in [4.78, 5) is 24.5. The molecular weight excluding hydrogens is 674 g/mol. The third kappa shape index (κ3) is 20.5. The van der Waals surface area contributed by atoms with Crippen molar-refractivity contribution in [2.24, 2.45) is 0 Å². The number of hydrogen-bond donors (Lipinski definition) is 1. The molecule has 0 aliphatic carbocycles. The van der Waals surface area contributed by atoms with Crippen molar-refractivity contribution in [1.29, 1.82) is 0 Å². The molecule has 49 heavy (non-hydrogen) atoms. The van der Waals surface area contributed by atoms with Gasteiger partial charge in [-0.15, -0.1) is 0 Å². The lowest BCUT2D eigenvalue weighted by Crippen LogP contribution is -2.10. The summed E-state index contributed by atoms with van der Waals surface area (Å²) in [6.45, 7) is 5.61. The van der Waals surface area contributed by atoms with Crippen molar-refractivity contribution in [2.45, 2.75) is 155 Å². The van der Waals surface area contributed by atoms with Crippen LogP contribution in [0.5, 0.6) is 11.5 Å². The molecule has 2 rings (SSSR count). The molecule has 0 radical (unpaired) electrons. The maximum absolute atomic E-state index is 12.5. The molecule has 0 unspecified atom stereocenters. The van der Waals surface area contributed by atoms with Crippen LogP contribution < -0.4 is 14.8 Å². The van der Waals surface area contributed by atoms with E-state index in [0.717, 1.165) is 61.4 Å². The third-order valence-electron chi connectivity index (χ3n) is 8.80. The molecule has 0 aliphatic rings. The molecule has 0 heterocycles. The van der Waals surface area contributed by atoms with E-state index in [4.69, 9.17) is 9.47 Å². The molecule has 2 aromatic rings. The summed E-state index contributed by atoms with van der Waals surface area (Å²) in [6, 6.07) is 11.3. The lowest BCUT2D eigenvalue weighted by atomic mass is 10.1. The second-order valence-electron chi connectivity index (χ2n) is 13.2. The minimum atomic E-state index is 0.0597. The molecule has 0 aliphatic heterocycles. The van der Waals surface area contributed by atoms with Crippen molar-refractivity contribution in [3.05, 3.63) is 53.1 Å². The highest BCUT2D eigenvalue weighted by Gasteiger charge is 2.12. The van der Waals surface area contributed by atoms with Gasteiger partial charge in [0.05, 0.1) is 24.3 Å². The van der Waals surface area contributed by atoms with Crippen LogP contribution in [0.2, 0.25) is 0 Å². The molecule has 0 fully saturated rings. The summed E-state index contributed by atoms with van der Waals surface area (Å²) < 4.78 is 12.3. The molecule has 2 aromatic carbocycles. The summed E-state index contributed by atoms with van der Waals surface area (Å²) in [5, 5.41) is 4.14. The van der Waals surface area contributed by atoms with E-state index < -0.39 is 0 Å². The topological polar surface area (TPSA) is 64.6 Å². The van der Waals surface area contributed by atoms with Crippen molar-refractivity contribution in [3.8, 4) is 23.3 Å². The third-order valence-corrected chi connectivity index (χ3v) is 9.36. The second kappa shape index (κ2) is 29.0. The van der Waals surface area contributed by atoms with Gasteiger partial charge in [-0.05, 0) is 56.0 Å². The van der Waals surface area contributed by atoms with Crippen molar-refractivity contribution in [2.75, 3.05) is 23.9 Å². The highest BCUT2D eigenvalue weighted by molar-refractivity contribution is 9.09. The number of unbranched alkanes of at least 4 members (excludes halogenated alkanes) is 18. The number of anilines is 1. The number of halogens is 1. The highest BCUT2D eigenvalue weighted by Crippen LogP contribution is 2.29. The molecule has 1 amide bonds. The number of amides is 1. The Morgan fingerprint density at radius 3 is 1.71 bits per heavy atom. The van der Waals surface area contributed by atoms with Crippen molar-refractivity contribution in [3.63, 3.8) is 0 Å². The van der Waals surface area contributed by atoms with Crippen LogP contribution in [0.1, 0.15) is 177 Å². The first-order chi connectivity index (χ1) is 24.1. The molecule has 0 spiro atoms. The number of hydrogen-bond acceptors (Lipinski definition) is 4. The number of carbonyl (C=O) groups excluding carboxylic acids is 2. The Hall–Kier alpha value is -2.78. The number of nitrogens with one attached hydrogen (secondary N) is 1. The van der Waals surface area contributed by atoms with Crippen LogP contribution in [-0.4, -0.2) is 30.7 Å². The van der Waals surface area contributed by atoms with Gasteiger partial charge in [-0.2, -0.15) is 0 Å². The Labute approximate surface area is 307 Å². The van der Waals surface area contributed by atoms with Gasteiger partial charge in [0.25, 0.3) is 0 Å². The molecule has 272 valence electrons. The van der Waals surface area contributed by atoms with Crippen LogP contribution in [0.25, 0.3) is 0 Å². The Bertz CT molecular complexity index is 1220. The van der Waals surface area contributed by atoms with Gasteiger partial charge in [-0.1, -0.05) is 151 Å². The van der Waals surface area contributed by atoms with E-state index in [0.29, 0.717) is 42.3 Å². The van der Waals surface area contributed by atoms with Crippen LogP contribution in [0, 0.1) is 11.8 Å². The number of benzene rings is 2. The SMILES string of the molecule is CCCCCCCCOc1cc(C=O)c(OCCCCCCCC)cc1C#Cc1ccc(NC(=O)CCCCCCCCCCCBr)cc1. The van der Waals surface area contributed by atoms with E-state index in [1.165, 1.54) is 96.3 Å². The lowest BCUT2D eigenvalue weighted by molar-refractivity contribution is -0.116. The van der Waals surface area contributed by atoms with Gasteiger partial charge in [-0.3, -0.25) is 9.59 Å². The fourth-order valence-electron chi connectivity index (χ4n) is 5.76. The van der Waals surface area contributed by atoms with E-state index in [1.54, 1.807) is 6.07 Å². The predicted molar refractivity (Wildman–Crippen MR) is 211 cm³/mol. The molecule has 0 saturated heterocycles. The zero-order valence-electron chi connectivity index (χ0n) is 30.7. The monoisotopic (exact) mass is 737 g/mol. The standard InChI is InChI=1S/C43H64BrNO4/c1-3-5-7-9-18-22-32-48-41-35-39(36-46)42(49-33-23-19-10-8-6-4-2)34-38(41)28-25-37-26-29-40(30-27-37)45-43(47)24-20-16-14-12-11-13-15-17-21-31-44/h26-27,29-30,34-36H,3-24,31-33H2,1-2H3,(H,45,47). The zero-order valence-corrected chi connectivity index (χ0v) is 32.3. The van der Waals surface area contributed by atoms with Crippen molar-refractivity contribution < 1.29 is 19.1 Å². The summed E-state index contributed by atoms with van der Waals surface area (Å²) in [6.07, 6.45) is 26.6. The minimum Gasteiger partial charge on any atom is -0.493 e. The lowest BCUT2D eigenvalue weighted by Gasteiger charge is -2.13. The van der Waals surface area contributed by atoms with Gasteiger partial charge >= 0.3 is 0 Å². The summed E-state index contributed by atoms with van der Waals surface area (Å²) in [5.41, 5.74) is 2.82.